The molecular formula is C7H18N2O5S. The van der Waals surface area contributed by atoms with Gasteiger partial charge in [-0.1, -0.05) is 6.92 Å². The third-order valence-corrected chi connectivity index (χ3v) is 2.73. The number of aliphatic hydroxyl groups is 1. The lowest BCUT2D eigenvalue weighted by Gasteiger charge is -2.19. The van der Waals surface area contributed by atoms with Crippen LogP contribution in [0.5, 0.6) is 0 Å². The number of nitrogens with zero attached hydrogens (tertiary/aromatic N) is 1. The lowest BCUT2D eigenvalue weighted by Crippen LogP contribution is -2.38. The monoisotopic (exact) mass is 242 g/mol. The van der Waals surface area contributed by atoms with Gasteiger partial charge in [0.2, 0.25) is 0 Å². The van der Waals surface area contributed by atoms with Crippen LogP contribution >= 0.6 is 0 Å². The first-order valence-corrected chi connectivity index (χ1v) is 6.00. The summed E-state index contributed by atoms with van der Waals surface area (Å²) in [6.07, 6.45) is -0.974. The van der Waals surface area contributed by atoms with Gasteiger partial charge >= 0.3 is 10.3 Å². The molecule has 0 saturated carbocycles. The predicted molar refractivity (Wildman–Crippen MR) is 54.7 cm³/mol. The molecule has 0 aromatic carbocycles. The van der Waals surface area contributed by atoms with E-state index in [1.165, 1.54) is 0 Å². The molecule has 0 fully saturated rings. The molecule has 15 heavy (non-hydrogen) atoms. The molecule has 0 spiro atoms. The topological polar surface area (TPSA) is 113 Å². The molecule has 8 heteroatoms. The Morgan fingerprint density at radius 3 is 2.53 bits per heavy atom. The fourth-order valence-corrected chi connectivity index (χ4v) is 1.66. The zero-order valence-corrected chi connectivity index (χ0v) is 9.48. The van der Waals surface area contributed by atoms with Gasteiger partial charge in [0.25, 0.3) is 0 Å². The molecule has 0 aromatic rings. The summed E-state index contributed by atoms with van der Waals surface area (Å²) in [4.78, 5) is 0. The molecule has 1 atom stereocenters. The third-order valence-electron chi connectivity index (χ3n) is 1.67. The maximum absolute atomic E-state index is 10.7. The molecule has 0 aromatic heterocycles. The predicted octanol–water partition coefficient (Wildman–Crippen LogP) is -1.55. The second-order valence-corrected chi connectivity index (χ2v) is 4.36. The van der Waals surface area contributed by atoms with Crippen LogP contribution in [0.3, 0.4) is 0 Å². The van der Waals surface area contributed by atoms with Gasteiger partial charge < -0.3 is 15.6 Å². The summed E-state index contributed by atoms with van der Waals surface area (Å²) in [6.45, 7) is 2.08. The van der Waals surface area contributed by atoms with E-state index in [1.54, 1.807) is 6.92 Å². The van der Waals surface area contributed by atoms with Crippen LogP contribution in [-0.4, -0.2) is 61.3 Å². The zero-order chi connectivity index (χ0) is 11.9. The summed E-state index contributed by atoms with van der Waals surface area (Å²) >= 11 is 0. The average molecular weight is 242 g/mol. The van der Waals surface area contributed by atoms with E-state index in [0.29, 0.717) is 13.2 Å². The number of hydrogen-bond acceptors (Lipinski definition) is 5. The molecule has 92 valence electrons. The van der Waals surface area contributed by atoms with E-state index in [2.05, 4.69) is 0 Å². The standard InChI is InChI=1S/C7H18N2O5S/c1-2-9(15(11,12)13)5-7(10)6-14-4-3-8/h7,10H,2-6,8H2,1H3,(H,11,12,13). The van der Waals surface area contributed by atoms with Crippen LogP contribution in [0.15, 0.2) is 0 Å². The second kappa shape index (κ2) is 7.09. The molecule has 0 rings (SSSR count). The fraction of sp³-hybridized carbons (Fsp3) is 1.00. The number of aliphatic hydroxyl groups excluding tert-OH is 1. The van der Waals surface area contributed by atoms with E-state index in [0.717, 1.165) is 4.31 Å². The first-order valence-electron chi connectivity index (χ1n) is 4.60. The highest BCUT2D eigenvalue weighted by Gasteiger charge is 2.20. The quantitative estimate of drug-likeness (QED) is 0.351. The van der Waals surface area contributed by atoms with Crippen molar-refractivity contribution in [1.82, 2.24) is 4.31 Å². The third kappa shape index (κ3) is 6.77. The molecule has 1 unspecified atom stereocenters. The molecular weight excluding hydrogens is 224 g/mol. The van der Waals surface area contributed by atoms with Gasteiger partial charge in [0.15, 0.2) is 0 Å². The summed E-state index contributed by atoms with van der Waals surface area (Å²) < 4.78 is 35.9. The lowest BCUT2D eigenvalue weighted by atomic mass is 10.4. The highest BCUT2D eigenvalue weighted by Crippen LogP contribution is 1.99. The molecule has 0 bridgehead atoms. The average Bonchev–Trinajstić information content (AvgIpc) is 2.12. The summed E-state index contributed by atoms with van der Waals surface area (Å²) in [6, 6.07) is 0. The number of ether oxygens (including phenoxy) is 1. The number of likely N-dealkylation sites (N-methyl/N-ethyl adjacent to an activating group) is 1. The number of rotatable bonds is 8. The summed E-state index contributed by atoms with van der Waals surface area (Å²) in [5.74, 6) is 0. The van der Waals surface area contributed by atoms with Gasteiger partial charge in [-0.15, -0.1) is 0 Å². The highest BCUT2D eigenvalue weighted by molar-refractivity contribution is 7.83. The van der Waals surface area contributed by atoms with Gasteiger partial charge in [0, 0.05) is 19.6 Å². The van der Waals surface area contributed by atoms with Crippen molar-refractivity contribution in [3.8, 4) is 0 Å². The van der Waals surface area contributed by atoms with Crippen LogP contribution in [-0.2, 0) is 15.0 Å². The van der Waals surface area contributed by atoms with Crippen LogP contribution in [0.4, 0.5) is 0 Å². The lowest BCUT2D eigenvalue weighted by molar-refractivity contribution is 0.0304. The molecule has 0 aliphatic carbocycles. The number of nitrogens with two attached hydrogens (primary N) is 1. The van der Waals surface area contributed by atoms with Crippen LogP contribution in [0.1, 0.15) is 6.92 Å². The van der Waals surface area contributed by atoms with Gasteiger partial charge in [0.1, 0.15) is 0 Å². The minimum Gasteiger partial charge on any atom is -0.389 e. The Bertz CT molecular complexity index is 256. The van der Waals surface area contributed by atoms with E-state index >= 15 is 0 Å². The first kappa shape index (κ1) is 14.8. The van der Waals surface area contributed by atoms with Crippen LogP contribution in [0.25, 0.3) is 0 Å². The van der Waals surface area contributed by atoms with E-state index in [9.17, 15) is 13.5 Å². The maximum atomic E-state index is 10.7. The Morgan fingerprint density at radius 1 is 1.53 bits per heavy atom. The van der Waals surface area contributed by atoms with Gasteiger partial charge in [0.05, 0.1) is 19.3 Å². The molecule has 0 heterocycles. The Morgan fingerprint density at radius 2 is 2.13 bits per heavy atom. The van der Waals surface area contributed by atoms with Crippen LogP contribution in [0.2, 0.25) is 0 Å². The van der Waals surface area contributed by atoms with Crippen molar-refractivity contribution in [2.45, 2.75) is 13.0 Å². The Hall–Kier alpha value is -0.250. The van der Waals surface area contributed by atoms with Gasteiger partial charge in [-0.25, -0.2) is 0 Å². The van der Waals surface area contributed by atoms with Crippen molar-refractivity contribution in [2.24, 2.45) is 5.73 Å². The summed E-state index contributed by atoms with van der Waals surface area (Å²) in [5.41, 5.74) is 5.16. The van der Waals surface area contributed by atoms with E-state index in [1.807, 2.05) is 0 Å². The SMILES string of the molecule is CCN(CC(O)COCCN)S(=O)(=O)O. The molecule has 0 aliphatic heterocycles. The highest BCUT2D eigenvalue weighted by atomic mass is 32.2. The molecule has 0 aliphatic rings. The smallest absolute Gasteiger partial charge is 0.335 e. The molecule has 0 radical (unpaired) electrons. The van der Waals surface area contributed by atoms with Crippen molar-refractivity contribution in [2.75, 3.05) is 32.8 Å². The van der Waals surface area contributed by atoms with E-state index in [-0.39, 0.29) is 19.7 Å². The van der Waals surface area contributed by atoms with Crippen LogP contribution in [0, 0.1) is 0 Å². The second-order valence-electron chi connectivity index (χ2n) is 2.95. The van der Waals surface area contributed by atoms with E-state index < -0.39 is 16.4 Å². The minimum atomic E-state index is -4.25. The first-order chi connectivity index (χ1) is 6.91. The van der Waals surface area contributed by atoms with Crippen LogP contribution < -0.4 is 5.73 Å². The zero-order valence-electron chi connectivity index (χ0n) is 8.66. The normalized spacial score (nSPS) is 14.5. The van der Waals surface area contributed by atoms with Crippen molar-refractivity contribution in [3.63, 3.8) is 0 Å². The Kier molecular flexibility index (Phi) is 6.98. The maximum Gasteiger partial charge on any atom is 0.335 e. The fourth-order valence-electron chi connectivity index (χ4n) is 0.977. The molecule has 7 nitrogen and oxygen atoms in total. The molecule has 0 amide bonds. The largest absolute Gasteiger partial charge is 0.389 e. The van der Waals surface area contributed by atoms with Crippen molar-refractivity contribution >= 4 is 10.3 Å². The van der Waals surface area contributed by atoms with Crippen molar-refractivity contribution in [3.05, 3.63) is 0 Å². The van der Waals surface area contributed by atoms with Gasteiger partial charge in [-0.2, -0.15) is 12.7 Å². The van der Waals surface area contributed by atoms with E-state index in [4.69, 9.17) is 15.0 Å². The van der Waals surface area contributed by atoms with Crippen molar-refractivity contribution in [1.29, 1.82) is 0 Å². The summed E-state index contributed by atoms with van der Waals surface area (Å²) in [7, 11) is -4.25. The Balaban J connectivity index is 3.97. The van der Waals surface area contributed by atoms with Crippen molar-refractivity contribution < 1.29 is 22.8 Å². The molecule has 4 N–H and O–H groups in total. The van der Waals surface area contributed by atoms with Gasteiger partial charge in [-0.05, 0) is 0 Å². The minimum absolute atomic E-state index is 0.0107. The number of hydrogen-bond donors (Lipinski definition) is 3. The molecule has 0 saturated heterocycles. The summed E-state index contributed by atoms with van der Waals surface area (Å²) in [5, 5.41) is 9.36. The van der Waals surface area contributed by atoms with Gasteiger partial charge in [-0.3, -0.25) is 4.55 Å². The Labute approximate surface area is 89.7 Å².